The molecule has 0 N–H and O–H groups in total. The molecule has 0 spiro atoms. The van der Waals surface area contributed by atoms with E-state index in [0.717, 1.165) is 6.20 Å². The maximum absolute atomic E-state index is 13.5. The van der Waals surface area contributed by atoms with E-state index in [-0.39, 0.29) is 36.9 Å². The average molecular weight is 456 g/mol. The number of hydrogen-bond acceptors (Lipinski definition) is 4. The third-order valence-electron chi connectivity index (χ3n) is 4.93. The van der Waals surface area contributed by atoms with E-state index in [1.54, 1.807) is 0 Å². The molecule has 12 heteroatoms. The summed E-state index contributed by atoms with van der Waals surface area (Å²) in [5, 5.41) is -0.971. The molecule has 1 fully saturated rings. The van der Waals surface area contributed by atoms with Crippen molar-refractivity contribution < 1.29 is 39.2 Å². The summed E-state index contributed by atoms with van der Waals surface area (Å²) in [5.41, 5.74) is -1.23. The molecule has 1 saturated carbocycles. The van der Waals surface area contributed by atoms with Crippen LogP contribution in [0.4, 0.5) is 30.7 Å². The summed E-state index contributed by atoms with van der Waals surface area (Å²) in [6, 6.07) is 2.51. The summed E-state index contributed by atoms with van der Waals surface area (Å²) in [5.74, 6) is -2.71. The van der Waals surface area contributed by atoms with Crippen LogP contribution in [-0.2, 0) is 28.6 Å². The fourth-order valence-electron chi connectivity index (χ4n) is 3.27. The number of rotatable bonds is 5. The van der Waals surface area contributed by atoms with Gasteiger partial charge in [-0.3, -0.25) is 0 Å². The van der Waals surface area contributed by atoms with Crippen LogP contribution >= 0.6 is 0 Å². The Balaban J connectivity index is 1.63. The molecular formula is C18H15F7N2O2S. The van der Waals surface area contributed by atoms with E-state index in [0.29, 0.717) is 18.6 Å². The molecule has 164 valence electrons. The third kappa shape index (κ3) is 4.90. The molecule has 30 heavy (non-hydrogen) atoms. The zero-order valence-corrected chi connectivity index (χ0v) is 16.0. The average Bonchev–Trinajstić information content (AvgIpc) is 2.58. The Bertz CT molecular complexity index is 1030. The second-order valence-electron chi connectivity index (χ2n) is 7.09. The van der Waals surface area contributed by atoms with Crippen molar-refractivity contribution in [2.24, 2.45) is 5.92 Å². The Labute approximate surface area is 167 Å². The van der Waals surface area contributed by atoms with Crippen LogP contribution in [0.5, 0.6) is 0 Å². The number of halogens is 7. The van der Waals surface area contributed by atoms with Crippen LogP contribution in [0.2, 0.25) is 0 Å². The van der Waals surface area contributed by atoms with Crippen LogP contribution in [0.25, 0.3) is 0 Å². The largest absolute Gasteiger partial charge is 0.451 e. The van der Waals surface area contributed by atoms with Crippen molar-refractivity contribution in [2.75, 3.05) is 0 Å². The SMILES string of the molecule is O=S(=O)(c1cc(F)cc(C(F)(F)F)c1)C1CC(CCc2ccnc(C(F)(F)F)n2)C1. The van der Waals surface area contributed by atoms with Gasteiger partial charge in [-0.15, -0.1) is 0 Å². The van der Waals surface area contributed by atoms with Gasteiger partial charge in [0, 0.05) is 11.9 Å². The molecule has 1 heterocycles. The molecule has 0 radical (unpaired) electrons. The molecule has 0 atom stereocenters. The number of aromatic nitrogens is 2. The van der Waals surface area contributed by atoms with Gasteiger partial charge in [0.1, 0.15) is 5.82 Å². The molecule has 0 unspecified atom stereocenters. The van der Waals surface area contributed by atoms with Crippen molar-refractivity contribution in [1.82, 2.24) is 9.97 Å². The van der Waals surface area contributed by atoms with Crippen molar-refractivity contribution >= 4 is 9.84 Å². The van der Waals surface area contributed by atoms with E-state index in [4.69, 9.17) is 0 Å². The van der Waals surface area contributed by atoms with Crippen molar-refractivity contribution in [1.29, 1.82) is 0 Å². The van der Waals surface area contributed by atoms with E-state index in [1.165, 1.54) is 6.07 Å². The van der Waals surface area contributed by atoms with Crippen molar-refractivity contribution in [3.05, 3.63) is 53.4 Å². The number of nitrogens with zero attached hydrogens (tertiary/aromatic N) is 2. The highest BCUT2D eigenvalue weighted by atomic mass is 32.2. The monoisotopic (exact) mass is 456 g/mol. The van der Waals surface area contributed by atoms with Crippen LogP contribution in [-0.4, -0.2) is 23.6 Å². The summed E-state index contributed by atoms with van der Waals surface area (Å²) in [6.45, 7) is 0. The van der Waals surface area contributed by atoms with Gasteiger partial charge in [0.05, 0.1) is 15.7 Å². The van der Waals surface area contributed by atoms with Gasteiger partial charge in [0.15, 0.2) is 9.84 Å². The third-order valence-corrected chi connectivity index (χ3v) is 7.09. The normalized spacial score (nSPS) is 20.1. The minimum Gasteiger partial charge on any atom is -0.233 e. The first-order chi connectivity index (χ1) is 13.8. The number of benzene rings is 1. The number of alkyl halides is 6. The fraction of sp³-hybridized carbons (Fsp3) is 0.444. The number of aryl methyl sites for hydroxylation is 1. The molecule has 0 aliphatic heterocycles. The molecule has 1 aromatic heterocycles. The van der Waals surface area contributed by atoms with Crippen LogP contribution < -0.4 is 0 Å². The summed E-state index contributed by atoms with van der Waals surface area (Å²) in [7, 11) is -4.16. The summed E-state index contributed by atoms with van der Waals surface area (Å²) in [4.78, 5) is 5.85. The Morgan fingerprint density at radius 3 is 2.27 bits per heavy atom. The molecular weight excluding hydrogens is 441 g/mol. The zero-order valence-electron chi connectivity index (χ0n) is 15.1. The predicted octanol–water partition coefficient (Wildman–Crippen LogP) is 4.84. The van der Waals surface area contributed by atoms with Gasteiger partial charge in [-0.25, -0.2) is 22.8 Å². The lowest BCUT2D eigenvalue weighted by Crippen LogP contribution is -2.36. The van der Waals surface area contributed by atoms with Crippen LogP contribution in [0.1, 0.15) is 36.3 Å². The van der Waals surface area contributed by atoms with E-state index < -0.39 is 49.5 Å². The molecule has 3 rings (SSSR count). The lowest BCUT2D eigenvalue weighted by Gasteiger charge is -2.35. The standard InChI is InChI=1S/C18H15F7N2O2S/c19-12-7-11(17(20,21)22)8-15(9-12)30(28,29)14-5-10(6-14)1-2-13-3-4-26-16(27-13)18(23,24)25/h3-4,7-10,14H,1-2,5-6H2. The van der Waals surface area contributed by atoms with Gasteiger partial charge in [-0.2, -0.15) is 26.3 Å². The second-order valence-corrected chi connectivity index (χ2v) is 9.31. The molecule has 0 saturated heterocycles. The van der Waals surface area contributed by atoms with E-state index >= 15 is 0 Å². The molecule has 0 amide bonds. The minimum absolute atomic E-state index is 0.122. The van der Waals surface area contributed by atoms with Gasteiger partial charge in [0.25, 0.3) is 0 Å². The summed E-state index contributed by atoms with van der Waals surface area (Å²) in [6.07, 6.45) is -7.80. The summed E-state index contributed by atoms with van der Waals surface area (Å²) >= 11 is 0. The Morgan fingerprint density at radius 2 is 1.67 bits per heavy atom. The van der Waals surface area contributed by atoms with Crippen molar-refractivity contribution in [2.45, 2.75) is 48.2 Å². The molecule has 1 aliphatic rings. The highest BCUT2D eigenvalue weighted by Gasteiger charge is 2.41. The van der Waals surface area contributed by atoms with Gasteiger partial charge >= 0.3 is 12.4 Å². The topological polar surface area (TPSA) is 59.9 Å². The molecule has 4 nitrogen and oxygen atoms in total. The Hall–Kier alpha value is -2.24. The Kier molecular flexibility index (Phi) is 5.82. The first-order valence-corrected chi connectivity index (χ1v) is 10.3. The van der Waals surface area contributed by atoms with Crippen molar-refractivity contribution in [3.8, 4) is 0 Å². The van der Waals surface area contributed by atoms with Crippen LogP contribution in [0.3, 0.4) is 0 Å². The second kappa shape index (κ2) is 7.78. The van der Waals surface area contributed by atoms with E-state index in [2.05, 4.69) is 9.97 Å². The first kappa shape index (κ1) is 22.4. The smallest absolute Gasteiger partial charge is 0.233 e. The highest BCUT2D eigenvalue weighted by molar-refractivity contribution is 7.92. The van der Waals surface area contributed by atoms with Crippen LogP contribution in [0, 0.1) is 11.7 Å². The van der Waals surface area contributed by atoms with Crippen LogP contribution in [0.15, 0.2) is 35.4 Å². The van der Waals surface area contributed by atoms with Gasteiger partial charge in [0.2, 0.25) is 5.82 Å². The molecule has 0 bridgehead atoms. The molecule has 1 aliphatic carbocycles. The quantitative estimate of drug-likeness (QED) is 0.605. The predicted molar refractivity (Wildman–Crippen MR) is 90.5 cm³/mol. The summed E-state index contributed by atoms with van der Waals surface area (Å²) < 4.78 is 115. The molecule has 1 aromatic carbocycles. The number of hydrogen-bond donors (Lipinski definition) is 0. The number of sulfone groups is 1. The van der Waals surface area contributed by atoms with Gasteiger partial charge in [-0.1, -0.05) is 0 Å². The first-order valence-electron chi connectivity index (χ1n) is 8.77. The minimum atomic E-state index is -4.89. The van der Waals surface area contributed by atoms with Gasteiger partial charge in [-0.05, 0) is 55.9 Å². The fourth-order valence-corrected chi connectivity index (χ4v) is 5.27. The Morgan fingerprint density at radius 1 is 1.00 bits per heavy atom. The maximum Gasteiger partial charge on any atom is 0.451 e. The van der Waals surface area contributed by atoms with E-state index in [1.807, 2.05) is 0 Å². The molecule has 2 aromatic rings. The highest BCUT2D eigenvalue weighted by Crippen LogP contribution is 2.40. The lowest BCUT2D eigenvalue weighted by atomic mass is 9.81. The van der Waals surface area contributed by atoms with E-state index in [9.17, 15) is 39.2 Å². The lowest BCUT2D eigenvalue weighted by molar-refractivity contribution is -0.145. The van der Waals surface area contributed by atoms with Crippen molar-refractivity contribution in [3.63, 3.8) is 0 Å². The maximum atomic E-state index is 13.5. The zero-order chi connectivity index (χ0) is 22.3. The van der Waals surface area contributed by atoms with Gasteiger partial charge < -0.3 is 0 Å².